The van der Waals surface area contributed by atoms with Crippen molar-refractivity contribution in [1.82, 2.24) is 19.8 Å². The van der Waals surface area contributed by atoms with E-state index < -0.39 is 10.0 Å². The summed E-state index contributed by atoms with van der Waals surface area (Å²) in [4.78, 5) is 0.156. The van der Waals surface area contributed by atoms with Gasteiger partial charge < -0.3 is 10.1 Å². The summed E-state index contributed by atoms with van der Waals surface area (Å²) in [5.41, 5.74) is 3.25. The van der Waals surface area contributed by atoms with Crippen molar-refractivity contribution in [1.29, 1.82) is 0 Å². The van der Waals surface area contributed by atoms with Crippen LogP contribution in [0.4, 0.5) is 0 Å². The molecule has 0 spiro atoms. The molecule has 8 heteroatoms. The molecule has 0 bridgehead atoms. The van der Waals surface area contributed by atoms with Gasteiger partial charge in [0.2, 0.25) is 10.0 Å². The van der Waals surface area contributed by atoms with E-state index in [1.807, 2.05) is 37.4 Å². The monoisotopic (exact) mass is 426 g/mol. The van der Waals surface area contributed by atoms with Crippen LogP contribution in [0.1, 0.15) is 22.6 Å². The largest absolute Gasteiger partial charge is 0.492 e. The van der Waals surface area contributed by atoms with E-state index in [4.69, 9.17) is 4.74 Å². The van der Waals surface area contributed by atoms with Gasteiger partial charge in [0, 0.05) is 31.7 Å². The predicted octanol–water partition coefficient (Wildman–Crippen LogP) is 2.21. The SMILES string of the molecule is CN[C@H]1COc2ccc(CNS(=O)(=O)c3cnn(C)c3)cc2[C@@H]1Cc1ccccc1. The maximum atomic E-state index is 12.5. The Bertz CT molecular complexity index is 1110. The molecule has 1 aliphatic rings. The number of fused-ring (bicyclic) bond motifs is 1. The van der Waals surface area contributed by atoms with Crippen LogP contribution in [0.3, 0.4) is 0 Å². The first-order valence-corrected chi connectivity index (χ1v) is 11.4. The van der Waals surface area contributed by atoms with Gasteiger partial charge in [-0.3, -0.25) is 4.68 Å². The molecule has 0 unspecified atom stereocenters. The maximum Gasteiger partial charge on any atom is 0.243 e. The lowest BCUT2D eigenvalue weighted by Gasteiger charge is -2.34. The first kappa shape index (κ1) is 20.6. The third-order valence-electron chi connectivity index (χ3n) is 5.50. The molecule has 1 aromatic heterocycles. The summed E-state index contributed by atoms with van der Waals surface area (Å²) in [6.45, 7) is 0.806. The lowest BCUT2D eigenvalue weighted by Crippen LogP contribution is -2.41. The lowest BCUT2D eigenvalue weighted by atomic mass is 9.83. The second kappa shape index (κ2) is 8.59. The minimum atomic E-state index is -3.61. The second-order valence-corrected chi connectivity index (χ2v) is 9.32. The van der Waals surface area contributed by atoms with Crippen LogP contribution in [-0.4, -0.2) is 37.9 Å². The van der Waals surface area contributed by atoms with Crippen LogP contribution in [0.5, 0.6) is 5.75 Å². The van der Waals surface area contributed by atoms with Gasteiger partial charge in [-0.25, -0.2) is 13.1 Å². The van der Waals surface area contributed by atoms with Crippen molar-refractivity contribution in [2.45, 2.75) is 29.8 Å². The lowest BCUT2D eigenvalue weighted by molar-refractivity contribution is 0.218. The Labute approximate surface area is 177 Å². The Balaban J connectivity index is 1.57. The van der Waals surface area contributed by atoms with E-state index in [1.165, 1.54) is 22.6 Å². The van der Waals surface area contributed by atoms with Crippen LogP contribution in [0, 0.1) is 0 Å². The molecule has 2 aromatic carbocycles. The van der Waals surface area contributed by atoms with E-state index in [1.54, 1.807) is 7.05 Å². The number of aryl methyl sites for hydroxylation is 1. The van der Waals surface area contributed by atoms with Crippen LogP contribution >= 0.6 is 0 Å². The van der Waals surface area contributed by atoms with Gasteiger partial charge in [-0.1, -0.05) is 42.5 Å². The first-order chi connectivity index (χ1) is 14.5. The molecule has 0 radical (unpaired) electrons. The standard InChI is InChI=1S/C22H26N4O3S/c1-23-21-15-29-22-9-8-17(12-25-30(27,28)18-13-24-26(2)14-18)11-20(22)19(21)10-16-6-4-3-5-7-16/h3-9,11,13-14,19,21,23,25H,10,12,15H2,1-2H3/t19-,21-/m0/s1. The van der Waals surface area contributed by atoms with Crippen LogP contribution in [-0.2, 0) is 30.0 Å². The van der Waals surface area contributed by atoms with E-state index in [-0.39, 0.29) is 23.4 Å². The number of ether oxygens (including phenoxy) is 1. The summed E-state index contributed by atoms with van der Waals surface area (Å²) in [5, 5.41) is 7.31. The molecule has 2 atom stereocenters. The van der Waals surface area contributed by atoms with Gasteiger partial charge in [0.15, 0.2) is 0 Å². The van der Waals surface area contributed by atoms with Crippen molar-refractivity contribution < 1.29 is 13.2 Å². The summed E-state index contributed by atoms with van der Waals surface area (Å²) in [6, 6.07) is 16.5. The molecule has 4 rings (SSSR count). The van der Waals surface area contributed by atoms with Crippen molar-refractivity contribution >= 4 is 10.0 Å². The molecule has 0 saturated heterocycles. The average Bonchev–Trinajstić information content (AvgIpc) is 3.21. The maximum absolute atomic E-state index is 12.5. The van der Waals surface area contributed by atoms with E-state index in [0.29, 0.717) is 6.61 Å². The molecule has 158 valence electrons. The Morgan fingerprint density at radius 3 is 2.67 bits per heavy atom. The zero-order valence-electron chi connectivity index (χ0n) is 17.1. The van der Waals surface area contributed by atoms with Gasteiger partial charge in [0.1, 0.15) is 17.3 Å². The van der Waals surface area contributed by atoms with Gasteiger partial charge in [0.25, 0.3) is 0 Å². The zero-order valence-corrected chi connectivity index (χ0v) is 17.9. The smallest absolute Gasteiger partial charge is 0.243 e. The second-order valence-electron chi connectivity index (χ2n) is 7.55. The Kier molecular flexibility index (Phi) is 5.90. The summed E-state index contributed by atoms with van der Waals surface area (Å²) < 4.78 is 35.1. The third-order valence-corrected chi connectivity index (χ3v) is 6.86. The number of likely N-dealkylation sites (N-methyl/N-ethyl adjacent to an activating group) is 1. The van der Waals surface area contributed by atoms with Gasteiger partial charge in [0.05, 0.1) is 6.20 Å². The molecule has 0 amide bonds. The minimum absolute atomic E-state index is 0.156. The normalized spacial score (nSPS) is 18.6. The number of benzene rings is 2. The number of nitrogens with one attached hydrogen (secondary N) is 2. The minimum Gasteiger partial charge on any atom is -0.492 e. The highest BCUT2D eigenvalue weighted by Gasteiger charge is 2.30. The van der Waals surface area contributed by atoms with Crippen molar-refractivity contribution in [2.24, 2.45) is 7.05 Å². The predicted molar refractivity (Wildman–Crippen MR) is 115 cm³/mol. The summed E-state index contributed by atoms with van der Waals surface area (Å²) >= 11 is 0. The molecule has 1 aliphatic heterocycles. The van der Waals surface area contributed by atoms with Crippen molar-refractivity contribution in [3.63, 3.8) is 0 Å². The zero-order chi connectivity index (χ0) is 21.1. The summed E-state index contributed by atoms with van der Waals surface area (Å²) in [6.07, 6.45) is 3.71. The molecule has 2 heterocycles. The summed E-state index contributed by atoms with van der Waals surface area (Å²) in [5.74, 6) is 1.09. The molecule has 0 saturated carbocycles. The molecule has 0 fully saturated rings. The highest BCUT2D eigenvalue weighted by Crippen LogP contribution is 2.36. The van der Waals surface area contributed by atoms with Crippen LogP contribution in [0.25, 0.3) is 0 Å². The third kappa shape index (κ3) is 4.40. The van der Waals surface area contributed by atoms with Gasteiger partial charge >= 0.3 is 0 Å². The molecule has 7 nitrogen and oxygen atoms in total. The highest BCUT2D eigenvalue weighted by molar-refractivity contribution is 7.89. The van der Waals surface area contributed by atoms with E-state index >= 15 is 0 Å². The van der Waals surface area contributed by atoms with Gasteiger partial charge in [-0.15, -0.1) is 0 Å². The molecule has 30 heavy (non-hydrogen) atoms. The van der Waals surface area contributed by atoms with Crippen LogP contribution < -0.4 is 14.8 Å². The molecule has 2 N–H and O–H groups in total. The van der Waals surface area contributed by atoms with E-state index in [2.05, 4.69) is 33.3 Å². The fourth-order valence-electron chi connectivity index (χ4n) is 3.85. The average molecular weight is 427 g/mol. The Morgan fingerprint density at radius 1 is 1.17 bits per heavy atom. The number of aromatic nitrogens is 2. The number of hydrogen-bond acceptors (Lipinski definition) is 5. The van der Waals surface area contributed by atoms with Crippen LogP contribution in [0.2, 0.25) is 0 Å². The topological polar surface area (TPSA) is 85.2 Å². The molecule has 0 aliphatic carbocycles. The fraction of sp³-hybridized carbons (Fsp3) is 0.318. The number of hydrogen-bond donors (Lipinski definition) is 2. The fourth-order valence-corrected chi connectivity index (χ4v) is 4.85. The highest BCUT2D eigenvalue weighted by atomic mass is 32.2. The van der Waals surface area contributed by atoms with Crippen LogP contribution in [0.15, 0.2) is 65.8 Å². The molecule has 3 aromatic rings. The number of nitrogens with zero attached hydrogens (tertiary/aromatic N) is 2. The van der Waals surface area contributed by atoms with Gasteiger partial charge in [-0.2, -0.15) is 5.10 Å². The molecular weight excluding hydrogens is 400 g/mol. The number of sulfonamides is 1. The summed E-state index contributed by atoms with van der Waals surface area (Å²) in [7, 11) is 0.0220. The first-order valence-electron chi connectivity index (χ1n) is 9.91. The van der Waals surface area contributed by atoms with Crippen molar-refractivity contribution in [2.75, 3.05) is 13.7 Å². The molecular formula is C22H26N4O3S. The van der Waals surface area contributed by atoms with Crippen molar-refractivity contribution in [3.8, 4) is 5.75 Å². The number of rotatable bonds is 7. The Hall–Kier alpha value is -2.68. The van der Waals surface area contributed by atoms with Gasteiger partial charge in [-0.05, 0) is 36.2 Å². The Morgan fingerprint density at radius 2 is 1.97 bits per heavy atom. The quantitative estimate of drug-likeness (QED) is 0.605. The van der Waals surface area contributed by atoms with E-state index in [0.717, 1.165) is 23.3 Å². The van der Waals surface area contributed by atoms with E-state index in [9.17, 15) is 8.42 Å². The van der Waals surface area contributed by atoms with Crippen molar-refractivity contribution in [3.05, 3.63) is 77.6 Å².